The van der Waals surface area contributed by atoms with Gasteiger partial charge in [-0.05, 0) is 35.5 Å². The van der Waals surface area contributed by atoms with Gasteiger partial charge in [0.25, 0.3) is 17.1 Å². The highest BCUT2D eigenvalue weighted by atomic mass is 32.2. The van der Waals surface area contributed by atoms with E-state index in [0.717, 1.165) is 22.2 Å². The van der Waals surface area contributed by atoms with Crippen molar-refractivity contribution >= 4 is 46.7 Å². The number of imide groups is 1. The molecule has 0 atom stereocenters. The summed E-state index contributed by atoms with van der Waals surface area (Å²) in [6.07, 6.45) is 3.36. The highest BCUT2D eigenvalue weighted by Crippen LogP contribution is 2.31. The van der Waals surface area contributed by atoms with Gasteiger partial charge in [-0.25, -0.2) is 4.98 Å². The van der Waals surface area contributed by atoms with Crippen LogP contribution in [0.3, 0.4) is 0 Å². The normalized spacial score (nSPS) is 15.4. The van der Waals surface area contributed by atoms with Crippen molar-refractivity contribution in [3.63, 3.8) is 0 Å². The van der Waals surface area contributed by atoms with Gasteiger partial charge in [-0.15, -0.1) is 11.8 Å². The van der Waals surface area contributed by atoms with E-state index in [4.69, 9.17) is 0 Å². The summed E-state index contributed by atoms with van der Waals surface area (Å²) in [4.78, 5) is 43.1. The van der Waals surface area contributed by atoms with Crippen LogP contribution >= 0.6 is 23.5 Å². The first-order valence-corrected chi connectivity index (χ1v) is 10.9. The number of carbonyl (C=O) groups is 3. The molecule has 1 saturated heterocycles. The van der Waals surface area contributed by atoms with Gasteiger partial charge in [-0.1, -0.05) is 44.2 Å². The highest BCUT2D eigenvalue weighted by molar-refractivity contribution is 8.18. The number of thioether (sulfide) groups is 2. The van der Waals surface area contributed by atoms with Crippen molar-refractivity contribution in [2.24, 2.45) is 0 Å². The van der Waals surface area contributed by atoms with Crippen molar-refractivity contribution < 1.29 is 14.4 Å². The van der Waals surface area contributed by atoms with Crippen molar-refractivity contribution in [3.05, 3.63) is 64.7 Å². The van der Waals surface area contributed by atoms with Crippen LogP contribution in [0.25, 0.3) is 6.08 Å². The molecule has 2 aromatic rings. The Morgan fingerprint density at radius 3 is 2.69 bits per heavy atom. The first-order chi connectivity index (χ1) is 14.0. The van der Waals surface area contributed by atoms with Gasteiger partial charge < -0.3 is 5.32 Å². The van der Waals surface area contributed by atoms with Gasteiger partial charge in [0.05, 0.1) is 10.5 Å². The summed E-state index contributed by atoms with van der Waals surface area (Å²) in [7, 11) is 0. The molecule has 0 unspecified atom stereocenters. The van der Waals surface area contributed by atoms with Crippen molar-refractivity contribution in [2.45, 2.75) is 24.1 Å². The maximum Gasteiger partial charge on any atom is 0.293 e. The second kappa shape index (κ2) is 9.76. The van der Waals surface area contributed by atoms with E-state index in [2.05, 4.69) is 10.3 Å². The molecule has 150 valence electrons. The Labute approximate surface area is 178 Å². The number of benzene rings is 1. The van der Waals surface area contributed by atoms with E-state index in [-0.39, 0.29) is 30.1 Å². The number of aromatic nitrogens is 1. The molecule has 6 nitrogen and oxygen atoms in total. The fraction of sp³-hybridized carbons (Fsp3) is 0.238. The van der Waals surface area contributed by atoms with E-state index < -0.39 is 0 Å². The average Bonchev–Trinajstić information content (AvgIpc) is 2.96. The molecule has 29 heavy (non-hydrogen) atoms. The molecular formula is C21H21N3O3S2. The Kier molecular flexibility index (Phi) is 7.11. The molecule has 1 fully saturated rings. The van der Waals surface area contributed by atoms with Gasteiger partial charge in [0.1, 0.15) is 5.03 Å². The molecule has 1 aromatic heterocycles. The summed E-state index contributed by atoms with van der Waals surface area (Å²) < 4.78 is 0. The Bertz CT molecular complexity index is 945. The smallest absolute Gasteiger partial charge is 0.293 e. The van der Waals surface area contributed by atoms with E-state index in [0.29, 0.717) is 20.7 Å². The minimum absolute atomic E-state index is 0.120. The minimum atomic E-state index is -0.337. The predicted octanol–water partition coefficient (Wildman–Crippen LogP) is 4.05. The fourth-order valence-corrected chi connectivity index (χ4v) is 4.37. The lowest BCUT2D eigenvalue weighted by Crippen LogP contribution is -2.37. The topological polar surface area (TPSA) is 79.4 Å². The van der Waals surface area contributed by atoms with Crippen LogP contribution in [0.1, 0.15) is 29.8 Å². The molecule has 0 aliphatic carbocycles. The van der Waals surface area contributed by atoms with Gasteiger partial charge in [-0.2, -0.15) is 0 Å². The lowest BCUT2D eigenvalue weighted by atomic mass is 10.2. The highest BCUT2D eigenvalue weighted by Gasteiger charge is 2.34. The summed E-state index contributed by atoms with van der Waals surface area (Å²) in [6, 6.07) is 12.8. The molecule has 0 radical (unpaired) electrons. The molecular weight excluding hydrogens is 406 g/mol. The van der Waals surface area contributed by atoms with Gasteiger partial charge >= 0.3 is 0 Å². The third-order valence-electron chi connectivity index (χ3n) is 3.96. The molecule has 1 aliphatic heterocycles. The number of amides is 3. The van der Waals surface area contributed by atoms with Crippen molar-refractivity contribution in [1.82, 2.24) is 15.2 Å². The number of hydrogen-bond donors (Lipinski definition) is 1. The van der Waals surface area contributed by atoms with Crippen LogP contribution in [0, 0.1) is 0 Å². The maximum atomic E-state index is 12.5. The lowest BCUT2D eigenvalue weighted by Gasteiger charge is -2.14. The molecule has 0 spiro atoms. The molecule has 3 amide bonds. The first kappa shape index (κ1) is 21.1. The SMILES string of the molecule is CC(C)Sc1ncccc1C(=O)NCCN1C(=O)S/C(=C\c2ccccc2)C1=O. The summed E-state index contributed by atoms with van der Waals surface area (Å²) in [5.74, 6) is -0.608. The van der Waals surface area contributed by atoms with Crippen LogP contribution in [-0.2, 0) is 4.79 Å². The number of pyridine rings is 1. The van der Waals surface area contributed by atoms with Crippen molar-refractivity contribution in [1.29, 1.82) is 0 Å². The van der Waals surface area contributed by atoms with Gasteiger partial charge in [0, 0.05) is 24.5 Å². The molecule has 0 saturated carbocycles. The second-order valence-electron chi connectivity index (χ2n) is 6.52. The maximum absolute atomic E-state index is 12.5. The van der Waals surface area contributed by atoms with Crippen LogP contribution in [0.5, 0.6) is 0 Å². The van der Waals surface area contributed by atoms with Crippen LogP contribution in [-0.4, -0.2) is 45.3 Å². The minimum Gasteiger partial charge on any atom is -0.350 e. The molecule has 8 heteroatoms. The summed E-state index contributed by atoms with van der Waals surface area (Å²) >= 11 is 2.43. The molecule has 3 rings (SSSR count). The Balaban J connectivity index is 1.59. The van der Waals surface area contributed by atoms with Crippen molar-refractivity contribution in [3.8, 4) is 0 Å². The number of nitrogens with one attached hydrogen (secondary N) is 1. The lowest BCUT2D eigenvalue weighted by molar-refractivity contribution is -0.122. The molecule has 0 bridgehead atoms. The number of rotatable bonds is 7. The summed E-state index contributed by atoms with van der Waals surface area (Å²) in [5.41, 5.74) is 1.35. The number of carbonyl (C=O) groups excluding carboxylic acids is 3. The monoisotopic (exact) mass is 427 g/mol. The zero-order valence-electron chi connectivity index (χ0n) is 16.1. The zero-order valence-corrected chi connectivity index (χ0v) is 17.8. The Hall–Kier alpha value is -2.58. The number of hydrogen-bond acceptors (Lipinski definition) is 6. The quantitative estimate of drug-likeness (QED) is 0.530. The Morgan fingerprint density at radius 1 is 1.21 bits per heavy atom. The van der Waals surface area contributed by atoms with Gasteiger partial charge in [-0.3, -0.25) is 19.3 Å². The van der Waals surface area contributed by atoms with E-state index in [1.165, 1.54) is 11.8 Å². The van der Waals surface area contributed by atoms with Crippen LogP contribution in [0.15, 0.2) is 58.6 Å². The van der Waals surface area contributed by atoms with Gasteiger partial charge in [0.15, 0.2) is 0 Å². The van der Waals surface area contributed by atoms with Crippen molar-refractivity contribution in [2.75, 3.05) is 13.1 Å². The Morgan fingerprint density at radius 2 is 1.97 bits per heavy atom. The van der Waals surface area contributed by atoms with E-state index in [9.17, 15) is 14.4 Å². The molecule has 1 N–H and O–H groups in total. The zero-order chi connectivity index (χ0) is 20.8. The third-order valence-corrected chi connectivity index (χ3v) is 5.88. The fourth-order valence-electron chi connectivity index (χ4n) is 2.65. The third kappa shape index (κ3) is 5.48. The van der Waals surface area contributed by atoms with Crippen LogP contribution in [0.4, 0.5) is 4.79 Å². The number of nitrogens with zero attached hydrogens (tertiary/aromatic N) is 2. The molecule has 1 aliphatic rings. The molecule has 2 heterocycles. The standard InChI is InChI=1S/C21H21N3O3S2/c1-14(2)28-19-16(9-6-10-23-19)18(25)22-11-12-24-20(26)17(29-21(24)27)13-15-7-4-3-5-8-15/h3-10,13-14H,11-12H2,1-2H3,(H,22,25)/b17-13-. The van der Waals surface area contributed by atoms with E-state index in [1.54, 1.807) is 24.4 Å². The second-order valence-corrected chi connectivity index (χ2v) is 9.08. The average molecular weight is 428 g/mol. The predicted molar refractivity (Wildman–Crippen MR) is 117 cm³/mol. The summed E-state index contributed by atoms with van der Waals surface area (Å²) in [6.45, 7) is 4.36. The van der Waals surface area contributed by atoms with Crippen LogP contribution < -0.4 is 5.32 Å². The van der Waals surface area contributed by atoms with Gasteiger partial charge in [0.2, 0.25) is 0 Å². The first-order valence-electron chi connectivity index (χ1n) is 9.16. The van der Waals surface area contributed by atoms with Crippen LogP contribution in [0.2, 0.25) is 0 Å². The summed E-state index contributed by atoms with van der Waals surface area (Å²) in [5, 5.41) is 3.41. The largest absolute Gasteiger partial charge is 0.350 e. The van der Waals surface area contributed by atoms with E-state index in [1.807, 2.05) is 44.2 Å². The van der Waals surface area contributed by atoms with E-state index >= 15 is 0 Å². The molecule has 1 aromatic carbocycles.